The van der Waals surface area contributed by atoms with Crippen LogP contribution < -0.4 is 9.64 Å². The molecule has 1 N–H and O–H groups in total. The molecule has 1 aromatic carbocycles. The zero-order valence-electron chi connectivity index (χ0n) is 13.9. The fourth-order valence-electron chi connectivity index (χ4n) is 2.31. The van der Waals surface area contributed by atoms with E-state index in [0.717, 1.165) is 0 Å². The van der Waals surface area contributed by atoms with Gasteiger partial charge in [-0.15, -0.1) is 6.58 Å². The molecule has 0 bridgehead atoms. The maximum Gasteiger partial charge on any atom is 0.260 e. The number of aromatic nitrogens is 2. The molecule has 26 heavy (non-hydrogen) atoms. The SMILES string of the molecule is C=CCN(C(=O)c1ccc(Oc2ccc(O)cc2)nc1)c1cccnc1. The maximum atomic E-state index is 12.8. The van der Waals surface area contributed by atoms with Crippen LogP contribution in [-0.2, 0) is 0 Å². The number of carbonyl (C=O) groups is 1. The summed E-state index contributed by atoms with van der Waals surface area (Å²) < 4.78 is 5.59. The van der Waals surface area contributed by atoms with E-state index in [1.54, 1.807) is 53.7 Å². The second-order valence-electron chi connectivity index (χ2n) is 5.40. The third-order valence-corrected chi connectivity index (χ3v) is 3.56. The Kier molecular flexibility index (Phi) is 5.24. The molecule has 0 atom stereocenters. The lowest BCUT2D eigenvalue weighted by Crippen LogP contribution is -2.31. The Morgan fingerprint density at radius 2 is 1.96 bits per heavy atom. The van der Waals surface area contributed by atoms with E-state index in [-0.39, 0.29) is 11.7 Å². The van der Waals surface area contributed by atoms with Gasteiger partial charge in [0, 0.05) is 25.0 Å². The number of carbonyl (C=O) groups excluding carboxylic acids is 1. The molecule has 0 aliphatic carbocycles. The Hall–Kier alpha value is -3.67. The summed E-state index contributed by atoms with van der Waals surface area (Å²) in [6.45, 7) is 4.06. The van der Waals surface area contributed by atoms with Gasteiger partial charge in [0.1, 0.15) is 11.5 Å². The molecule has 0 unspecified atom stereocenters. The van der Waals surface area contributed by atoms with Crippen molar-refractivity contribution in [2.24, 2.45) is 0 Å². The molecule has 6 heteroatoms. The fourth-order valence-corrected chi connectivity index (χ4v) is 2.31. The second kappa shape index (κ2) is 7.94. The van der Waals surface area contributed by atoms with Crippen molar-refractivity contribution < 1.29 is 14.6 Å². The summed E-state index contributed by atoms with van der Waals surface area (Å²) in [5, 5.41) is 9.29. The molecular formula is C20H17N3O3. The summed E-state index contributed by atoms with van der Waals surface area (Å²) >= 11 is 0. The number of benzene rings is 1. The Morgan fingerprint density at radius 1 is 1.15 bits per heavy atom. The summed E-state index contributed by atoms with van der Waals surface area (Å²) in [7, 11) is 0. The lowest BCUT2D eigenvalue weighted by Gasteiger charge is -2.20. The number of pyridine rings is 2. The topological polar surface area (TPSA) is 75.6 Å². The Morgan fingerprint density at radius 3 is 2.58 bits per heavy atom. The molecule has 2 heterocycles. The van der Waals surface area contributed by atoms with Gasteiger partial charge in [0.25, 0.3) is 5.91 Å². The van der Waals surface area contributed by atoms with Gasteiger partial charge in [-0.1, -0.05) is 6.08 Å². The first-order chi connectivity index (χ1) is 12.7. The first-order valence-corrected chi connectivity index (χ1v) is 7.93. The molecule has 0 fully saturated rings. The number of phenols is 1. The molecule has 0 saturated heterocycles. The minimum absolute atomic E-state index is 0.156. The van der Waals surface area contributed by atoms with E-state index in [0.29, 0.717) is 29.4 Å². The molecule has 0 aliphatic rings. The molecule has 0 saturated carbocycles. The molecule has 3 aromatic rings. The van der Waals surface area contributed by atoms with Crippen LogP contribution in [0.25, 0.3) is 0 Å². The van der Waals surface area contributed by atoms with Crippen LogP contribution in [0, 0.1) is 0 Å². The van der Waals surface area contributed by atoms with Crippen molar-refractivity contribution in [2.45, 2.75) is 0 Å². The lowest BCUT2D eigenvalue weighted by atomic mass is 10.2. The van der Waals surface area contributed by atoms with Crippen LogP contribution in [0.1, 0.15) is 10.4 Å². The quantitative estimate of drug-likeness (QED) is 0.686. The minimum Gasteiger partial charge on any atom is -0.508 e. The summed E-state index contributed by atoms with van der Waals surface area (Å²) in [5.74, 6) is 0.840. The highest BCUT2D eigenvalue weighted by Crippen LogP contribution is 2.22. The van der Waals surface area contributed by atoms with Crippen molar-refractivity contribution in [1.82, 2.24) is 9.97 Å². The number of phenolic OH excluding ortho intramolecular Hbond substituents is 1. The van der Waals surface area contributed by atoms with E-state index in [1.165, 1.54) is 18.3 Å². The normalized spacial score (nSPS) is 10.2. The molecule has 1 amide bonds. The van der Waals surface area contributed by atoms with Crippen LogP contribution in [0.2, 0.25) is 0 Å². The van der Waals surface area contributed by atoms with Gasteiger partial charge in [-0.3, -0.25) is 9.78 Å². The summed E-state index contributed by atoms with van der Waals surface area (Å²) in [5.41, 5.74) is 1.11. The van der Waals surface area contributed by atoms with E-state index in [2.05, 4.69) is 16.5 Å². The third-order valence-electron chi connectivity index (χ3n) is 3.56. The largest absolute Gasteiger partial charge is 0.508 e. The number of amides is 1. The number of nitrogens with zero attached hydrogens (tertiary/aromatic N) is 3. The van der Waals surface area contributed by atoms with Gasteiger partial charge >= 0.3 is 0 Å². The van der Waals surface area contributed by atoms with E-state index in [4.69, 9.17) is 4.74 Å². The standard InChI is InChI=1S/C20H17N3O3/c1-2-12-23(16-4-3-11-21-14-16)20(25)15-5-10-19(22-13-15)26-18-8-6-17(24)7-9-18/h2-11,13-14,24H,1,12H2. The van der Waals surface area contributed by atoms with Crippen molar-refractivity contribution in [1.29, 1.82) is 0 Å². The lowest BCUT2D eigenvalue weighted by molar-refractivity contribution is 0.0989. The predicted molar refractivity (Wildman–Crippen MR) is 98.5 cm³/mol. The highest BCUT2D eigenvalue weighted by molar-refractivity contribution is 6.06. The fraction of sp³-hybridized carbons (Fsp3) is 0.0500. The van der Waals surface area contributed by atoms with Crippen molar-refractivity contribution in [3.8, 4) is 17.4 Å². The van der Waals surface area contributed by atoms with Gasteiger partial charge in [-0.05, 0) is 42.5 Å². The van der Waals surface area contributed by atoms with Gasteiger partial charge in [0.15, 0.2) is 0 Å². The first-order valence-electron chi connectivity index (χ1n) is 7.93. The number of hydrogen-bond acceptors (Lipinski definition) is 5. The van der Waals surface area contributed by atoms with Crippen LogP contribution in [0.3, 0.4) is 0 Å². The highest BCUT2D eigenvalue weighted by atomic mass is 16.5. The Balaban J connectivity index is 1.77. The molecule has 3 rings (SSSR count). The molecule has 6 nitrogen and oxygen atoms in total. The smallest absolute Gasteiger partial charge is 0.260 e. The number of aromatic hydroxyl groups is 1. The van der Waals surface area contributed by atoms with Crippen LogP contribution in [0.15, 0.2) is 79.8 Å². The van der Waals surface area contributed by atoms with Crippen LogP contribution in [-0.4, -0.2) is 27.5 Å². The number of anilines is 1. The van der Waals surface area contributed by atoms with Gasteiger partial charge in [-0.25, -0.2) is 4.98 Å². The van der Waals surface area contributed by atoms with E-state index < -0.39 is 0 Å². The number of ether oxygens (including phenoxy) is 1. The first kappa shape index (κ1) is 17.2. The van der Waals surface area contributed by atoms with Crippen LogP contribution in [0.5, 0.6) is 17.4 Å². The maximum absolute atomic E-state index is 12.8. The molecule has 0 radical (unpaired) electrons. The zero-order chi connectivity index (χ0) is 18.4. The number of hydrogen-bond donors (Lipinski definition) is 1. The molecule has 130 valence electrons. The van der Waals surface area contributed by atoms with Gasteiger partial charge in [-0.2, -0.15) is 0 Å². The third kappa shape index (κ3) is 4.05. The minimum atomic E-state index is -0.207. The zero-order valence-corrected chi connectivity index (χ0v) is 13.9. The predicted octanol–water partition coefficient (Wildman–Crippen LogP) is 3.81. The summed E-state index contributed by atoms with van der Waals surface area (Å²) in [6.07, 6.45) is 6.39. The van der Waals surface area contributed by atoms with Gasteiger partial charge in [0.2, 0.25) is 5.88 Å². The van der Waals surface area contributed by atoms with Crippen molar-refractivity contribution in [2.75, 3.05) is 11.4 Å². The van der Waals surface area contributed by atoms with Crippen molar-refractivity contribution >= 4 is 11.6 Å². The Labute approximate surface area is 151 Å². The molecule has 2 aromatic heterocycles. The highest BCUT2D eigenvalue weighted by Gasteiger charge is 2.17. The van der Waals surface area contributed by atoms with E-state index >= 15 is 0 Å². The number of rotatable bonds is 6. The Bertz CT molecular complexity index is 878. The summed E-state index contributed by atoms with van der Waals surface area (Å²) in [6, 6.07) is 13.2. The van der Waals surface area contributed by atoms with Crippen LogP contribution in [0.4, 0.5) is 5.69 Å². The van der Waals surface area contributed by atoms with Crippen molar-refractivity contribution in [3.63, 3.8) is 0 Å². The molecular weight excluding hydrogens is 330 g/mol. The van der Waals surface area contributed by atoms with Gasteiger partial charge < -0.3 is 14.7 Å². The average molecular weight is 347 g/mol. The van der Waals surface area contributed by atoms with E-state index in [9.17, 15) is 9.90 Å². The van der Waals surface area contributed by atoms with E-state index in [1.807, 2.05) is 6.07 Å². The second-order valence-corrected chi connectivity index (χ2v) is 5.40. The molecule has 0 aliphatic heterocycles. The average Bonchev–Trinajstić information content (AvgIpc) is 2.69. The van der Waals surface area contributed by atoms with Gasteiger partial charge in [0.05, 0.1) is 17.4 Å². The van der Waals surface area contributed by atoms with Crippen LogP contribution >= 0.6 is 0 Å². The monoisotopic (exact) mass is 347 g/mol. The molecule has 0 spiro atoms. The van der Waals surface area contributed by atoms with Crippen molar-refractivity contribution in [3.05, 3.63) is 85.3 Å². The summed E-state index contributed by atoms with van der Waals surface area (Å²) in [4.78, 5) is 22.6.